The first-order valence-corrected chi connectivity index (χ1v) is 7.57. The van der Waals surface area contributed by atoms with Crippen molar-refractivity contribution in [1.82, 2.24) is 4.31 Å². The van der Waals surface area contributed by atoms with Crippen LogP contribution in [-0.2, 0) is 16.4 Å². The Hall–Kier alpha value is -1.07. The molecular formula is C13H22N2O2S. The van der Waals surface area contributed by atoms with E-state index in [0.29, 0.717) is 12.2 Å². The molecule has 5 heteroatoms. The summed E-state index contributed by atoms with van der Waals surface area (Å²) in [6.07, 6.45) is 0.800. The van der Waals surface area contributed by atoms with Gasteiger partial charge in [0.2, 0.25) is 10.0 Å². The second-order valence-corrected chi connectivity index (χ2v) is 6.94. The van der Waals surface area contributed by atoms with Crippen LogP contribution >= 0.6 is 0 Å². The third-order valence-electron chi connectivity index (χ3n) is 2.83. The second kappa shape index (κ2) is 5.71. The number of rotatable bonds is 5. The molecule has 18 heavy (non-hydrogen) atoms. The minimum absolute atomic E-state index is 0.264. The van der Waals surface area contributed by atoms with Crippen LogP contribution in [0.4, 0.5) is 5.69 Å². The summed E-state index contributed by atoms with van der Waals surface area (Å²) >= 11 is 0. The number of nitrogens with two attached hydrogens (primary N) is 1. The summed E-state index contributed by atoms with van der Waals surface area (Å²) in [6, 6.07) is 4.96. The topological polar surface area (TPSA) is 63.4 Å². The lowest BCUT2D eigenvalue weighted by molar-refractivity contribution is 0.417. The van der Waals surface area contributed by atoms with Crippen LogP contribution in [0.25, 0.3) is 0 Å². The van der Waals surface area contributed by atoms with Gasteiger partial charge in [0.05, 0.1) is 4.90 Å². The average molecular weight is 270 g/mol. The highest BCUT2D eigenvalue weighted by molar-refractivity contribution is 7.89. The molecule has 2 N–H and O–H groups in total. The minimum atomic E-state index is -3.43. The van der Waals surface area contributed by atoms with Crippen molar-refractivity contribution in [3.05, 3.63) is 23.8 Å². The van der Waals surface area contributed by atoms with Crippen molar-refractivity contribution < 1.29 is 8.42 Å². The number of anilines is 1. The minimum Gasteiger partial charge on any atom is -0.398 e. The van der Waals surface area contributed by atoms with Crippen LogP contribution in [0.1, 0.15) is 26.3 Å². The molecule has 0 heterocycles. The van der Waals surface area contributed by atoms with E-state index < -0.39 is 10.0 Å². The molecular weight excluding hydrogens is 248 g/mol. The van der Waals surface area contributed by atoms with E-state index in [1.807, 2.05) is 20.8 Å². The monoisotopic (exact) mass is 270 g/mol. The highest BCUT2D eigenvalue weighted by atomic mass is 32.2. The first-order valence-electron chi connectivity index (χ1n) is 6.13. The van der Waals surface area contributed by atoms with Gasteiger partial charge in [-0.15, -0.1) is 0 Å². The van der Waals surface area contributed by atoms with E-state index in [2.05, 4.69) is 0 Å². The molecule has 0 saturated heterocycles. The van der Waals surface area contributed by atoms with Crippen LogP contribution in [0.2, 0.25) is 0 Å². The summed E-state index contributed by atoms with van der Waals surface area (Å²) in [6.45, 7) is 6.46. The predicted octanol–water partition coefficient (Wildman–Crippen LogP) is 2.11. The number of sulfonamides is 1. The SMILES string of the molecule is CCc1ccc(S(=O)(=O)N(C)CC(C)C)cc1N. The maximum absolute atomic E-state index is 12.3. The Morgan fingerprint density at radius 1 is 1.33 bits per heavy atom. The summed E-state index contributed by atoms with van der Waals surface area (Å²) in [5.41, 5.74) is 7.36. The number of nitrogens with zero attached hydrogens (tertiary/aromatic N) is 1. The van der Waals surface area contributed by atoms with E-state index >= 15 is 0 Å². The predicted molar refractivity (Wildman–Crippen MR) is 74.9 cm³/mol. The number of benzene rings is 1. The first-order chi connectivity index (χ1) is 8.28. The molecule has 4 nitrogen and oxygen atoms in total. The van der Waals surface area contributed by atoms with E-state index in [1.54, 1.807) is 25.2 Å². The smallest absolute Gasteiger partial charge is 0.242 e. The fourth-order valence-electron chi connectivity index (χ4n) is 1.85. The van der Waals surface area contributed by atoms with Crippen molar-refractivity contribution >= 4 is 15.7 Å². The molecule has 0 radical (unpaired) electrons. The van der Waals surface area contributed by atoms with E-state index in [1.165, 1.54) is 4.31 Å². The van der Waals surface area contributed by atoms with Gasteiger partial charge < -0.3 is 5.73 Å². The lowest BCUT2D eigenvalue weighted by Crippen LogP contribution is -2.30. The molecule has 0 fully saturated rings. The summed E-state index contributed by atoms with van der Waals surface area (Å²) in [4.78, 5) is 0.264. The van der Waals surface area contributed by atoms with Gasteiger partial charge in [-0.25, -0.2) is 12.7 Å². The van der Waals surface area contributed by atoms with Crippen molar-refractivity contribution in [2.24, 2.45) is 5.92 Å². The van der Waals surface area contributed by atoms with Gasteiger partial charge in [0.1, 0.15) is 0 Å². The lowest BCUT2D eigenvalue weighted by atomic mass is 10.1. The van der Waals surface area contributed by atoms with Gasteiger partial charge in [0.25, 0.3) is 0 Å². The Bertz CT molecular complexity index is 510. The summed E-state index contributed by atoms with van der Waals surface area (Å²) in [5.74, 6) is 0.289. The molecule has 0 bridgehead atoms. The fourth-order valence-corrected chi connectivity index (χ4v) is 3.22. The molecule has 0 atom stereocenters. The van der Waals surface area contributed by atoms with E-state index in [-0.39, 0.29) is 10.8 Å². The van der Waals surface area contributed by atoms with Gasteiger partial charge in [-0.05, 0) is 30.0 Å². The van der Waals surface area contributed by atoms with Crippen LogP contribution in [-0.4, -0.2) is 26.3 Å². The van der Waals surface area contributed by atoms with Crippen LogP contribution in [0.5, 0.6) is 0 Å². The normalized spacial score (nSPS) is 12.3. The zero-order chi connectivity index (χ0) is 13.9. The standard InChI is InChI=1S/C13H22N2O2S/c1-5-11-6-7-12(8-13(11)14)18(16,17)15(4)9-10(2)3/h6-8,10H,5,9,14H2,1-4H3. The Kier molecular flexibility index (Phi) is 4.76. The zero-order valence-electron chi connectivity index (χ0n) is 11.5. The molecule has 0 aliphatic carbocycles. The van der Waals surface area contributed by atoms with Crippen LogP contribution in [0.15, 0.2) is 23.1 Å². The van der Waals surface area contributed by atoms with Crippen LogP contribution < -0.4 is 5.73 Å². The average Bonchev–Trinajstić information content (AvgIpc) is 2.27. The molecule has 0 unspecified atom stereocenters. The zero-order valence-corrected chi connectivity index (χ0v) is 12.3. The highest BCUT2D eigenvalue weighted by Crippen LogP contribution is 2.21. The molecule has 0 spiro atoms. The molecule has 1 aromatic carbocycles. The van der Waals surface area contributed by atoms with E-state index in [9.17, 15) is 8.42 Å². The van der Waals surface area contributed by atoms with Crippen molar-refractivity contribution in [3.8, 4) is 0 Å². The van der Waals surface area contributed by atoms with Gasteiger partial charge >= 0.3 is 0 Å². The fraction of sp³-hybridized carbons (Fsp3) is 0.538. The number of hydrogen-bond acceptors (Lipinski definition) is 3. The molecule has 1 aromatic rings. The van der Waals surface area contributed by atoms with Crippen LogP contribution in [0.3, 0.4) is 0 Å². The van der Waals surface area contributed by atoms with Crippen molar-refractivity contribution in [2.45, 2.75) is 32.1 Å². The second-order valence-electron chi connectivity index (χ2n) is 4.89. The first kappa shape index (κ1) is 15.0. The van der Waals surface area contributed by atoms with Crippen molar-refractivity contribution in [1.29, 1.82) is 0 Å². The molecule has 0 aliphatic heterocycles. The van der Waals surface area contributed by atoms with Gasteiger partial charge in [0, 0.05) is 19.3 Å². The molecule has 102 valence electrons. The third kappa shape index (κ3) is 3.23. The molecule has 0 amide bonds. The molecule has 1 rings (SSSR count). The number of aryl methyl sites for hydroxylation is 1. The molecule has 0 saturated carbocycles. The summed E-state index contributed by atoms with van der Waals surface area (Å²) in [7, 11) is -1.83. The summed E-state index contributed by atoms with van der Waals surface area (Å²) < 4.78 is 26.0. The van der Waals surface area contributed by atoms with Gasteiger partial charge in [-0.3, -0.25) is 0 Å². The van der Waals surface area contributed by atoms with Crippen molar-refractivity contribution in [2.75, 3.05) is 19.3 Å². The lowest BCUT2D eigenvalue weighted by Gasteiger charge is -2.19. The molecule has 0 aliphatic rings. The number of hydrogen-bond donors (Lipinski definition) is 1. The van der Waals surface area contributed by atoms with Gasteiger partial charge in [-0.1, -0.05) is 26.8 Å². The number of nitrogen functional groups attached to an aromatic ring is 1. The van der Waals surface area contributed by atoms with Crippen LogP contribution in [0, 0.1) is 5.92 Å². The maximum Gasteiger partial charge on any atom is 0.242 e. The highest BCUT2D eigenvalue weighted by Gasteiger charge is 2.21. The molecule has 0 aromatic heterocycles. The van der Waals surface area contributed by atoms with Gasteiger partial charge in [-0.2, -0.15) is 0 Å². The van der Waals surface area contributed by atoms with Crippen molar-refractivity contribution in [3.63, 3.8) is 0 Å². The van der Waals surface area contributed by atoms with E-state index in [0.717, 1.165) is 12.0 Å². The van der Waals surface area contributed by atoms with E-state index in [4.69, 9.17) is 5.73 Å². The Morgan fingerprint density at radius 2 is 1.94 bits per heavy atom. The summed E-state index contributed by atoms with van der Waals surface area (Å²) in [5, 5.41) is 0. The van der Waals surface area contributed by atoms with Gasteiger partial charge in [0.15, 0.2) is 0 Å². The largest absolute Gasteiger partial charge is 0.398 e. The quantitative estimate of drug-likeness (QED) is 0.833. The Morgan fingerprint density at radius 3 is 2.39 bits per heavy atom. The maximum atomic E-state index is 12.3. The Balaban J connectivity index is 3.09. The third-order valence-corrected chi connectivity index (χ3v) is 4.65. The Labute approximate surface area is 110 Å².